The van der Waals surface area contributed by atoms with E-state index in [0.29, 0.717) is 31.2 Å². The lowest BCUT2D eigenvalue weighted by Gasteiger charge is -2.28. The molecule has 3 aromatic rings. The molecular formula is C29H27F3O3. The zero-order chi connectivity index (χ0) is 24.9. The monoisotopic (exact) mass is 480 g/mol. The molecule has 0 saturated heterocycles. The normalized spacial score (nSPS) is 17.6. The molecule has 4 rings (SSSR count). The van der Waals surface area contributed by atoms with Crippen LogP contribution in [-0.4, -0.2) is 18.7 Å². The first-order valence-electron chi connectivity index (χ1n) is 11.7. The standard InChI is InChI=1S/C29H27F3O3/c1-3-16-34-26-15-10-21(17-25(26)30)19-8-11-22(12-9-19)35-29(33)24-14-13-23(27(31)28(24)32)20-6-4-18(2)5-7-20/h3-7,10,13-15,17,19,22H,1,8-9,11-12,16H2,2H3. The maximum atomic E-state index is 14.7. The number of halogens is 3. The molecule has 35 heavy (non-hydrogen) atoms. The van der Waals surface area contributed by atoms with Gasteiger partial charge in [-0.3, -0.25) is 0 Å². The van der Waals surface area contributed by atoms with Gasteiger partial charge in [0.1, 0.15) is 12.7 Å². The Hall–Kier alpha value is -3.54. The van der Waals surface area contributed by atoms with Gasteiger partial charge in [-0.05, 0) is 67.9 Å². The largest absolute Gasteiger partial charge is 0.486 e. The van der Waals surface area contributed by atoms with Crippen molar-refractivity contribution in [3.8, 4) is 16.9 Å². The minimum Gasteiger partial charge on any atom is -0.486 e. The molecule has 3 aromatic carbocycles. The second-order valence-electron chi connectivity index (χ2n) is 8.82. The number of esters is 1. The molecular weight excluding hydrogens is 453 g/mol. The van der Waals surface area contributed by atoms with Gasteiger partial charge in [-0.1, -0.05) is 54.6 Å². The van der Waals surface area contributed by atoms with Crippen molar-refractivity contribution in [2.45, 2.75) is 44.6 Å². The van der Waals surface area contributed by atoms with Gasteiger partial charge in [-0.25, -0.2) is 18.0 Å². The number of rotatable bonds is 7. The Bertz CT molecular complexity index is 1210. The van der Waals surface area contributed by atoms with Crippen LogP contribution in [0.15, 0.2) is 67.3 Å². The van der Waals surface area contributed by atoms with Crippen LogP contribution in [0.3, 0.4) is 0 Å². The van der Waals surface area contributed by atoms with E-state index in [4.69, 9.17) is 9.47 Å². The lowest BCUT2D eigenvalue weighted by Crippen LogP contribution is -2.24. The molecule has 0 bridgehead atoms. The van der Waals surface area contributed by atoms with E-state index in [-0.39, 0.29) is 23.8 Å². The Morgan fingerprint density at radius 2 is 1.69 bits per heavy atom. The Morgan fingerprint density at radius 1 is 0.971 bits per heavy atom. The molecule has 1 aliphatic rings. The Morgan fingerprint density at radius 3 is 2.34 bits per heavy atom. The van der Waals surface area contributed by atoms with Gasteiger partial charge in [0.2, 0.25) is 0 Å². The third-order valence-corrected chi connectivity index (χ3v) is 6.40. The van der Waals surface area contributed by atoms with Crippen molar-refractivity contribution in [2.75, 3.05) is 6.61 Å². The van der Waals surface area contributed by atoms with E-state index in [1.165, 1.54) is 18.2 Å². The summed E-state index contributed by atoms with van der Waals surface area (Å²) in [4.78, 5) is 12.6. The van der Waals surface area contributed by atoms with Crippen LogP contribution in [0.25, 0.3) is 11.1 Å². The molecule has 0 aliphatic heterocycles. The first-order valence-corrected chi connectivity index (χ1v) is 11.7. The van der Waals surface area contributed by atoms with Crippen LogP contribution in [0.2, 0.25) is 0 Å². The van der Waals surface area contributed by atoms with Gasteiger partial charge in [0.25, 0.3) is 0 Å². The summed E-state index contributed by atoms with van der Waals surface area (Å²) in [6.45, 7) is 5.68. The van der Waals surface area contributed by atoms with Crippen LogP contribution < -0.4 is 4.74 Å². The number of hydrogen-bond donors (Lipinski definition) is 0. The molecule has 0 unspecified atom stereocenters. The quantitative estimate of drug-likeness (QED) is 0.259. The molecule has 0 aromatic heterocycles. The van der Waals surface area contributed by atoms with Crippen molar-refractivity contribution in [1.29, 1.82) is 0 Å². The Kier molecular flexibility index (Phi) is 7.59. The summed E-state index contributed by atoms with van der Waals surface area (Å²) < 4.78 is 54.5. The van der Waals surface area contributed by atoms with Crippen molar-refractivity contribution in [3.05, 3.63) is 101 Å². The van der Waals surface area contributed by atoms with Gasteiger partial charge in [-0.15, -0.1) is 0 Å². The highest BCUT2D eigenvalue weighted by Gasteiger charge is 2.28. The number of hydrogen-bond acceptors (Lipinski definition) is 3. The molecule has 6 heteroatoms. The zero-order valence-electron chi connectivity index (χ0n) is 19.5. The van der Waals surface area contributed by atoms with Crippen LogP contribution in [0.1, 0.15) is 53.1 Å². The van der Waals surface area contributed by atoms with Crippen LogP contribution >= 0.6 is 0 Å². The number of aryl methyl sites for hydroxylation is 1. The summed E-state index contributed by atoms with van der Waals surface area (Å²) in [5, 5.41) is 0. The third kappa shape index (κ3) is 5.59. The Balaban J connectivity index is 1.37. The van der Waals surface area contributed by atoms with Crippen molar-refractivity contribution >= 4 is 5.97 Å². The SMILES string of the molecule is C=CCOc1ccc(C2CCC(OC(=O)c3ccc(-c4ccc(C)cc4)c(F)c3F)CC2)cc1F. The van der Waals surface area contributed by atoms with E-state index in [9.17, 15) is 18.0 Å². The first-order chi connectivity index (χ1) is 16.9. The van der Waals surface area contributed by atoms with Gasteiger partial charge in [0, 0.05) is 5.56 Å². The van der Waals surface area contributed by atoms with Crippen LogP contribution in [0.5, 0.6) is 5.75 Å². The molecule has 0 N–H and O–H groups in total. The summed E-state index contributed by atoms with van der Waals surface area (Å²) in [6.07, 6.45) is 3.63. The summed E-state index contributed by atoms with van der Waals surface area (Å²) in [7, 11) is 0. The fourth-order valence-corrected chi connectivity index (χ4v) is 4.43. The molecule has 0 atom stereocenters. The summed E-state index contributed by atoms with van der Waals surface area (Å²) in [5.41, 5.74) is 2.06. The molecule has 3 nitrogen and oxygen atoms in total. The number of carbonyl (C=O) groups excluding carboxylic acids is 1. The molecule has 182 valence electrons. The lowest BCUT2D eigenvalue weighted by atomic mass is 9.82. The molecule has 1 aliphatic carbocycles. The maximum Gasteiger partial charge on any atom is 0.341 e. The zero-order valence-corrected chi connectivity index (χ0v) is 19.5. The predicted molar refractivity (Wildman–Crippen MR) is 129 cm³/mol. The topological polar surface area (TPSA) is 35.5 Å². The van der Waals surface area contributed by atoms with Gasteiger partial charge < -0.3 is 9.47 Å². The lowest BCUT2D eigenvalue weighted by molar-refractivity contribution is 0.0189. The molecule has 0 radical (unpaired) electrons. The van der Waals surface area contributed by atoms with E-state index in [1.54, 1.807) is 24.3 Å². The van der Waals surface area contributed by atoms with Gasteiger partial charge in [-0.2, -0.15) is 0 Å². The third-order valence-electron chi connectivity index (χ3n) is 6.40. The average molecular weight is 481 g/mol. The minimum atomic E-state index is -1.21. The summed E-state index contributed by atoms with van der Waals surface area (Å²) in [6, 6.07) is 14.6. The van der Waals surface area contributed by atoms with Crippen molar-refractivity contribution in [2.24, 2.45) is 0 Å². The van der Waals surface area contributed by atoms with Crippen molar-refractivity contribution in [3.63, 3.8) is 0 Å². The number of benzene rings is 3. The van der Waals surface area contributed by atoms with Crippen LogP contribution in [0, 0.1) is 24.4 Å². The van der Waals surface area contributed by atoms with E-state index in [1.807, 2.05) is 25.1 Å². The Labute approximate surface area is 203 Å². The first kappa shape index (κ1) is 24.6. The fourth-order valence-electron chi connectivity index (χ4n) is 4.43. The highest BCUT2D eigenvalue weighted by molar-refractivity contribution is 5.90. The molecule has 1 fully saturated rings. The van der Waals surface area contributed by atoms with E-state index in [0.717, 1.165) is 11.1 Å². The van der Waals surface area contributed by atoms with Gasteiger partial charge in [0.05, 0.1) is 5.56 Å². The smallest absolute Gasteiger partial charge is 0.341 e. The second kappa shape index (κ2) is 10.8. The van der Waals surface area contributed by atoms with Crippen molar-refractivity contribution in [1.82, 2.24) is 0 Å². The highest BCUT2D eigenvalue weighted by atomic mass is 19.2. The average Bonchev–Trinajstić information content (AvgIpc) is 2.86. The number of carbonyl (C=O) groups is 1. The fraction of sp³-hybridized carbons (Fsp3) is 0.276. The van der Waals surface area contributed by atoms with Crippen molar-refractivity contribution < 1.29 is 27.4 Å². The second-order valence-corrected chi connectivity index (χ2v) is 8.82. The molecule has 0 heterocycles. The van der Waals surface area contributed by atoms with Gasteiger partial charge >= 0.3 is 5.97 Å². The summed E-state index contributed by atoms with van der Waals surface area (Å²) >= 11 is 0. The molecule has 0 spiro atoms. The van der Waals surface area contributed by atoms with Gasteiger partial charge in [0.15, 0.2) is 23.2 Å². The van der Waals surface area contributed by atoms with E-state index in [2.05, 4.69) is 6.58 Å². The van der Waals surface area contributed by atoms with E-state index < -0.39 is 35.1 Å². The van der Waals surface area contributed by atoms with Crippen LogP contribution in [-0.2, 0) is 4.74 Å². The minimum absolute atomic E-state index is 0.0905. The predicted octanol–water partition coefficient (Wildman–Crippen LogP) is 7.53. The summed E-state index contributed by atoms with van der Waals surface area (Å²) in [5.74, 6) is -3.29. The maximum absolute atomic E-state index is 14.7. The number of ether oxygens (including phenoxy) is 2. The highest BCUT2D eigenvalue weighted by Crippen LogP contribution is 2.36. The van der Waals surface area contributed by atoms with Crippen LogP contribution in [0.4, 0.5) is 13.2 Å². The molecule has 0 amide bonds. The molecule has 1 saturated carbocycles. The van der Waals surface area contributed by atoms with E-state index >= 15 is 0 Å².